The number of carbonyl (C=O) groups is 1. The second kappa shape index (κ2) is 14.4. The van der Waals surface area contributed by atoms with Crippen LogP contribution in [0.15, 0.2) is 77.5 Å². The molecule has 4 heterocycles. The molecule has 53 heavy (non-hydrogen) atoms. The van der Waals surface area contributed by atoms with Gasteiger partial charge in [-0.15, -0.1) is 0 Å². The molecular formula is C42H41N7O4. The lowest BCUT2D eigenvalue weighted by atomic mass is 9.93. The molecule has 268 valence electrons. The lowest BCUT2D eigenvalue weighted by molar-refractivity contribution is -0.142. The zero-order valence-electron chi connectivity index (χ0n) is 29.8. The quantitative estimate of drug-likeness (QED) is 0.114. The third-order valence-corrected chi connectivity index (χ3v) is 10.8. The van der Waals surface area contributed by atoms with Crippen LogP contribution in [0.2, 0.25) is 0 Å². The van der Waals surface area contributed by atoms with E-state index in [-0.39, 0.29) is 12.1 Å². The van der Waals surface area contributed by atoms with Crippen LogP contribution in [0.5, 0.6) is 0 Å². The van der Waals surface area contributed by atoms with Gasteiger partial charge in [-0.1, -0.05) is 30.7 Å². The van der Waals surface area contributed by atoms with Gasteiger partial charge in [0.15, 0.2) is 11.4 Å². The first-order chi connectivity index (χ1) is 25.7. The normalized spacial score (nSPS) is 18.9. The molecule has 2 fully saturated rings. The summed E-state index contributed by atoms with van der Waals surface area (Å²) in [5, 5.41) is 37.5. The van der Waals surface area contributed by atoms with Crippen molar-refractivity contribution in [2.75, 3.05) is 18.4 Å². The highest BCUT2D eigenvalue weighted by atomic mass is 16.4. The number of rotatable bonds is 10. The summed E-state index contributed by atoms with van der Waals surface area (Å²) in [5.41, 5.74) is 10.0. The number of hydrogen-bond acceptors (Lipinski definition) is 10. The van der Waals surface area contributed by atoms with Gasteiger partial charge in [-0.25, -0.2) is 9.97 Å². The van der Waals surface area contributed by atoms with E-state index in [0.717, 1.165) is 87.9 Å². The molecule has 6 aromatic rings. The van der Waals surface area contributed by atoms with E-state index < -0.39 is 11.9 Å². The summed E-state index contributed by atoms with van der Waals surface area (Å²) < 4.78 is 6.28. The monoisotopic (exact) mass is 707 g/mol. The number of β-amino-alcohol motifs (C(OH)–C–C–N with tert-alkyl or cyclic N) is 1. The van der Waals surface area contributed by atoms with E-state index in [4.69, 9.17) is 14.4 Å². The number of hydrogen-bond donors (Lipinski definition) is 4. The molecule has 1 saturated heterocycles. The minimum Gasteiger partial charge on any atom is -0.481 e. The number of carboxylic acid groups (broad SMARTS) is 1. The van der Waals surface area contributed by atoms with Crippen molar-refractivity contribution >= 4 is 39.5 Å². The van der Waals surface area contributed by atoms with E-state index in [1.54, 1.807) is 12.3 Å². The maximum absolute atomic E-state index is 11.7. The first-order valence-electron chi connectivity index (χ1n) is 18.2. The van der Waals surface area contributed by atoms with Crippen molar-refractivity contribution < 1.29 is 19.4 Å². The Morgan fingerprint density at radius 1 is 1.00 bits per heavy atom. The molecular weight excluding hydrogens is 667 g/mol. The SMILES string of the molecule is Cc1c(Nc2nccc3cc(CN4CC[C@@H](O)C4)cnc23)cccc1-c1cccc(-c2nc3cc(CN[C@H]4CCC[C@@H]4C(=O)O)cc(C#N)c3o2)c1C. The van der Waals surface area contributed by atoms with Crippen molar-refractivity contribution in [3.8, 4) is 28.7 Å². The summed E-state index contributed by atoms with van der Waals surface area (Å²) in [6.45, 7) is 6.91. The summed E-state index contributed by atoms with van der Waals surface area (Å²) in [4.78, 5) is 28.2. The van der Waals surface area contributed by atoms with Crippen molar-refractivity contribution in [3.63, 3.8) is 0 Å². The lowest BCUT2D eigenvalue weighted by Gasteiger charge is -2.17. The van der Waals surface area contributed by atoms with Gasteiger partial charge in [0.2, 0.25) is 5.89 Å². The third kappa shape index (κ3) is 6.84. The molecule has 2 aliphatic rings. The number of likely N-dealkylation sites (tertiary alicyclic amines) is 1. The van der Waals surface area contributed by atoms with Crippen molar-refractivity contribution in [1.29, 1.82) is 5.26 Å². The first kappa shape index (κ1) is 34.4. The number of oxazole rings is 1. The number of benzene rings is 3. The molecule has 4 N–H and O–H groups in total. The van der Waals surface area contributed by atoms with Crippen LogP contribution in [-0.2, 0) is 17.9 Å². The Kier molecular flexibility index (Phi) is 9.35. The van der Waals surface area contributed by atoms with Gasteiger partial charge in [0.05, 0.1) is 17.6 Å². The Hall–Kier alpha value is -5.67. The van der Waals surface area contributed by atoms with Gasteiger partial charge in [-0.3, -0.25) is 14.7 Å². The maximum atomic E-state index is 11.7. The molecule has 3 atom stereocenters. The second-order valence-corrected chi connectivity index (χ2v) is 14.3. The molecule has 11 heteroatoms. The summed E-state index contributed by atoms with van der Waals surface area (Å²) in [6, 6.07) is 22.2. The summed E-state index contributed by atoms with van der Waals surface area (Å²) >= 11 is 0. The molecule has 3 aromatic carbocycles. The molecule has 1 saturated carbocycles. The number of carboxylic acids is 1. The van der Waals surface area contributed by atoms with Gasteiger partial charge in [0, 0.05) is 61.3 Å². The van der Waals surface area contributed by atoms with E-state index in [9.17, 15) is 20.3 Å². The fourth-order valence-corrected chi connectivity index (χ4v) is 7.99. The van der Waals surface area contributed by atoms with Crippen molar-refractivity contribution in [1.82, 2.24) is 25.2 Å². The number of nitrogens with one attached hydrogen (secondary N) is 2. The first-order valence-corrected chi connectivity index (χ1v) is 18.2. The van der Waals surface area contributed by atoms with E-state index in [1.165, 1.54) is 0 Å². The molecule has 0 spiro atoms. The van der Waals surface area contributed by atoms with Crippen molar-refractivity contribution in [3.05, 3.63) is 101 Å². The summed E-state index contributed by atoms with van der Waals surface area (Å²) in [5.74, 6) is -0.0583. The van der Waals surface area contributed by atoms with Crippen LogP contribution in [0.4, 0.5) is 11.5 Å². The standard InChI is InChI=1S/C42H41N7O4/c1-24-31(6-3-8-33(24)41-48-37-18-26(16-29(19-43)39(37)53-41)20-45-36-11-5-9-34(36)42(51)52)32-7-4-10-35(25(32)2)47-40-38-28(12-14-44-40)17-27(21-46-38)22-49-15-13-30(50)23-49/h3-4,6-8,10,12,14,16-18,21,30,34,36,45,50H,5,9,11,13,15,20,22-23H2,1-2H3,(H,44,47)(H,51,52)/t30-,34+,36+/m1/s1. The Morgan fingerprint density at radius 2 is 1.81 bits per heavy atom. The minimum absolute atomic E-state index is 0.0981. The summed E-state index contributed by atoms with van der Waals surface area (Å²) in [7, 11) is 0. The number of nitrogens with zero attached hydrogens (tertiary/aromatic N) is 5. The van der Waals surface area contributed by atoms with Gasteiger partial charge in [0.25, 0.3) is 0 Å². The highest BCUT2D eigenvalue weighted by molar-refractivity contribution is 5.91. The number of aliphatic carboxylic acids is 1. The third-order valence-electron chi connectivity index (χ3n) is 10.8. The van der Waals surface area contributed by atoms with Crippen LogP contribution in [0, 0.1) is 31.1 Å². The summed E-state index contributed by atoms with van der Waals surface area (Å²) in [6.07, 6.45) is 6.62. The van der Waals surface area contributed by atoms with Gasteiger partial charge in [-0.2, -0.15) is 5.26 Å². The molecule has 11 nitrogen and oxygen atoms in total. The topological polar surface area (TPSA) is 160 Å². The van der Waals surface area contributed by atoms with Gasteiger partial charge in [0.1, 0.15) is 17.1 Å². The predicted octanol–water partition coefficient (Wildman–Crippen LogP) is 7.25. The molecule has 0 bridgehead atoms. The second-order valence-electron chi connectivity index (χ2n) is 14.3. The van der Waals surface area contributed by atoms with Gasteiger partial charge in [-0.05, 0) is 103 Å². The molecule has 1 aliphatic carbocycles. The molecule has 0 radical (unpaired) electrons. The molecule has 1 aliphatic heterocycles. The van der Waals surface area contributed by atoms with Gasteiger partial charge < -0.3 is 25.3 Å². The lowest BCUT2D eigenvalue weighted by Crippen LogP contribution is -2.35. The highest BCUT2D eigenvalue weighted by Gasteiger charge is 2.32. The highest BCUT2D eigenvalue weighted by Crippen LogP contribution is 2.38. The fourth-order valence-electron chi connectivity index (χ4n) is 7.99. The van der Waals surface area contributed by atoms with Crippen LogP contribution < -0.4 is 10.6 Å². The average Bonchev–Trinajstić information content (AvgIpc) is 3.91. The van der Waals surface area contributed by atoms with E-state index >= 15 is 0 Å². The minimum atomic E-state index is -0.769. The van der Waals surface area contributed by atoms with Gasteiger partial charge >= 0.3 is 5.97 Å². The van der Waals surface area contributed by atoms with Crippen LogP contribution in [0.3, 0.4) is 0 Å². The Labute approximate surface area is 307 Å². The number of pyridine rings is 2. The predicted molar refractivity (Wildman–Crippen MR) is 203 cm³/mol. The maximum Gasteiger partial charge on any atom is 0.308 e. The zero-order chi connectivity index (χ0) is 36.6. The van der Waals surface area contributed by atoms with E-state index in [0.29, 0.717) is 47.9 Å². The average molecular weight is 708 g/mol. The largest absolute Gasteiger partial charge is 0.481 e. The number of aromatic nitrogens is 3. The Balaban J connectivity index is 1.06. The number of anilines is 2. The smallest absolute Gasteiger partial charge is 0.308 e. The van der Waals surface area contributed by atoms with Crippen molar-refractivity contribution in [2.45, 2.75) is 64.8 Å². The van der Waals surface area contributed by atoms with E-state index in [1.807, 2.05) is 42.6 Å². The molecule has 3 aromatic heterocycles. The molecule has 0 amide bonds. The van der Waals surface area contributed by atoms with E-state index in [2.05, 4.69) is 58.6 Å². The number of nitriles is 1. The number of aliphatic hydroxyl groups excluding tert-OH is 1. The van der Waals surface area contributed by atoms with Crippen LogP contribution in [-0.4, -0.2) is 61.3 Å². The molecule has 8 rings (SSSR count). The van der Waals surface area contributed by atoms with Crippen LogP contribution in [0.25, 0.3) is 44.6 Å². The number of aliphatic hydroxyl groups is 1. The zero-order valence-corrected chi connectivity index (χ0v) is 29.8. The fraction of sp³-hybridized carbons (Fsp3) is 0.310. The Morgan fingerprint density at radius 3 is 2.60 bits per heavy atom. The van der Waals surface area contributed by atoms with Crippen molar-refractivity contribution in [2.24, 2.45) is 5.92 Å². The van der Waals surface area contributed by atoms with Crippen LogP contribution in [0.1, 0.15) is 53.5 Å². The Bertz CT molecular complexity index is 2400. The van der Waals surface area contributed by atoms with Crippen LogP contribution >= 0.6 is 0 Å². The number of fused-ring (bicyclic) bond motifs is 2. The molecule has 0 unspecified atom stereocenters.